The van der Waals surface area contributed by atoms with Crippen molar-refractivity contribution in [2.75, 3.05) is 7.11 Å². The second-order valence-electron chi connectivity index (χ2n) is 9.54. The summed E-state index contributed by atoms with van der Waals surface area (Å²) in [6.07, 6.45) is 4.52. The van der Waals surface area contributed by atoms with E-state index in [1.165, 1.54) is 0 Å². The van der Waals surface area contributed by atoms with Crippen molar-refractivity contribution in [3.63, 3.8) is 0 Å². The summed E-state index contributed by atoms with van der Waals surface area (Å²) in [6.45, 7) is 5.53. The maximum atomic E-state index is 12.3. The number of benzene rings is 1. The van der Waals surface area contributed by atoms with Crippen LogP contribution in [0.15, 0.2) is 24.4 Å². The third kappa shape index (κ3) is 4.71. The SMILES string of the molecule is COc1ccc2ncc3c(c2c1)CC(C(O)C1CCCCC1NC(=O)OC(C)(C)C)O3. The number of aromatic nitrogens is 1. The number of ether oxygens (including phenoxy) is 3. The average Bonchev–Trinajstić information content (AvgIpc) is 3.16. The third-order valence-corrected chi connectivity index (χ3v) is 6.17. The molecule has 4 atom stereocenters. The molecule has 1 aromatic carbocycles. The molecule has 31 heavy (non-hydrogen) atoms. The fourth-order valence-corrected chi connectivity index (χ4v) is 4.73. The Morgan fingerprint density at radius 1 is 1.29 bits per heavy atom. The fraction of sp³-hybridized carbons (Fsp3) is 0.583. The maximum Gasteiger partial charge on any atom is 0.407 e. The van der Waals surface area contributed by atoms with Gasteiger partial charge < -0.3 is 24.6 Å². The Kier molecular flexibility index (Phi) is 5.97. The normalized spacial score (nSPS) is 24.2. The summed E-state index contributed by atoms with van der Waals surface area (Å²) in [6, 6.07) is 5.65. The quantitative estimate of drug-likeness (QED) is 0.765. The Labute approximate surface area is 183 Å². The van der Waals surface area contributed by atoms with Crippen LogP contribution in [-0.4, -0.2) is 47.1 Å². The van der Waals surface area contributed by atoms with Gasteiger partial charge in [-0.25, -0.2) is 4.79 Å². The van der Waals surface area contributed by atoms with Gasteiger partial charge in [0, 0.05) is 29.3 Å². The zero-order valence-electron chi connectivity index (χ0n) is 18.7. The minimum Gasteiger partial charge on any atom is -0.497 e. The van der Waals surface area contributed by atoms with Crippen molar-refractivity contribution in [1.29, 1.82) is 0 Å². The molecule has 2 N–H and O–H groups in total. The highest BCUT2D eigenvalue weighted by Crippen LogP contribution is 2.39. The molecule has 1 fully saturated rings. The molecular weight excluding hydrogens is 396 g/mol. The molecule has 2 aromatic rings. The molecule has 0 bridgehead atoms. The molecule has 168 valence electrons. The molecule has 4 rings (SSSR count). The minimum atomic E-state index is -0.701. The van der Waals surface area contributed by atoms with E-state index in [-0.39, 0.29) is 18.1 Å². The number of alkyl carbamates (subject to hydrolysis) is 1. The Morgan fingerprint density at radius 2 is 2.06 bits per heavy atom. The summed E-state index contributed by atoms with van der Waals surface area (Å²) in [4.78, 5) is 16.8. The molecule has 1 amide bonds. The highest BCUT2D eigenvalue weighted by Gasteiger charge is 2.40. The van der Waals surface area contributed by atoms with Crippen LogP contribution in [0.5, 0.6) is 11.5 Å². The van der Waals surface area contributed by atoms with Crippen molar-refractivity contribution in [3.8, 4) is 11.5 Å². The van der Waals surface area contributed by atoms with Crippen LogP contribution in [0.2, 0.25) is 0 Å². The fourth-order valence-electron chi connectivity index (χ4n) is 4.73. The van der Waals surface area contributed by atoms with Gasteiger partial charge in [0.1, 0.15) is 23.2 Å². The van der Waals surface area contributed by atoms with Gasteiger partial charge in [0.15, 0.2) is 0 Å². The largest absolute Gasteiger partial charge is 0.497 e. The second kappa shape index (κ2) is 8.54. The highest BCUT2D eigenvalue weighted by molar-refractivity contribution is 5.86. The molecule has 1 aliphatic heterocycles. The number of nitrogens with one attached hydrogen (secondary N) is 1. The van der Waals surface area contributed by atoms with Gasteiger partial charge in [-0.3, -0.25) is 4.98 Å². The molecule has 7 heteroatoms. The number of aliphatic hydroxyl groups excluding tert-OH is 1. The Balaban J connectivity index is 1.50. The van der Waals surface area contributed by atoms with E-state index < -0.39 is 17.8 Å². The van der Waals surface area contributed by atoms with Crippen LogP contribution in [0.25, 0.3) is 10.9 Å². The lowest BCUT2D eigenvalue weighted by atomic mass is 9.78. The zero-order chi connectivity index (χ0) is 22.2. The number of rotatable bonds is 4. The molecule has 1 aliphatic carbocycles. The summed E-state index contributed by atoms with van der Waals surface area (Å²) in [5.41, 5.74) is 1.36. The van der Waals surface area contributed by atoms with Crippen LogP contribution in [0.1, 0.15) is 52.0 Å². The van der Waals surface area contributed by atoms with Gasteiger partial charge in [-0.05, 0) is 51.8 Å². The number of hydrogen-bond donors (Lipinski definition) is 2. The third-order valence-electron chi connectivity index (χ3n) is 6.17. The number of methoxy groups -OCH3 is 1. The maximum absolute atomic E-state index is 12.3. The lowest BCUT2D eigenvalue weighted by molar-refractivity contribution is -0.0184. The Hall–Kier alpha value is -2.54. The summed E-state index contributed by atoms with van der Waals surface area (Å²) in [5, 5.41) is 15.2. The van der Waals surface area contributed by atoms with Crippen LogP contribution in [0.3, 0.4) is 0 Å². The number of nitrogens with zero attached hydrogens (tertiary/aromatic N) is 1. The van der Waals surface area contributed by atoms with Gasteiger partial charge in [0.05, 0.1) is 24.9 Å². The van der Waals surface area contributed by atoms with E-state index in [0.29, 0.717) is 12.2 Å². The lowest BCUT2D eigenvalue weighted by Crippen LogP contribution is -2.51. The molecule has 2 aliphatic rings. The van der Waals surface area contributed by atoms with E-state index in [9.17, 15) is 9.90 Å². The molecule has 7 nitrogen and oxygen atoms in total. The van der Waals surface area contributed by atoms with E-state index in [4.69, 9.17) is 14.2 Å². The predicted octanol–water partition coefficient (Wildman–Crippen LogP) is 3.99. The van der Waals surface area contributed by atoms with Gasteiger partial charge in [0.25, 0.3) is 0 Å². The highest BCUT2D eigenvalue weighted by atomic mass is 16.6. The molecule has 0 radical (unpaired) electrons. The number of pyridine rings is 1. The minimum absolute atomic E-state index is 0.0886. The summed E-state index contributed by atoms with van der Waals surface area (Å²) >= 11 is 0. The Morgan fingerprint density at radius 3 is 2.81 bits per heavy atom. The van der Waals surface area contributed by atoms with E-state index in [1.807, 2.05) is 39.0 Å². The van der Waals surface area contributed by atoms with Crippen LogP contribution in [-0.2, 0) is 11.2 Å². The molecular formula is C24H32N2O5. The zero-order valence-corrected chi connectivity index (χ0v) is 18.7. The number of aliphatic hydroxyl groups is 1. The van der Waals surface area contributed by atoms with Gasteiger partial charge >= 0.3 is 6.09 Å². The monoisotopic (exact) mass is 428 g/mol. The van der Waals surface area contributed by atoms with Crippen molar-refractivity contribution >= 4 is 17.0 Å². The van der Waals surface area contributed by atoms with Gasteiger partial charge in [-0.2, -0.15) is 0 Å². The van der Waals surface area contributed by atoms with Gasteiger partial charge in [-0.15, -0.1) is 0 Å². The first-order chi connectivity index (χ1) is 14.7. The topological polar surface area (TPSA) is 89.9 Å². The second-order valence-corrected chi connectivity index (χ2v) is 9.54. The number of carbonyl (C=O) groups is 1. The van der Waals surface area contributed by atoms with Crippen molar-refractivity contribution < 1.29 is 24.1 Å². The average molecular weight is 429 g/mol. The van der Waals surface area contributed by atoms with Crippen LogP contribution in [0, 0.1) is 5.92 Å². The molecule has 4 unspecified atom stereocenters. The summed E-state index contributed by atoms with van der Waals surface area (Å²) in [5.74, 6) is 1.38. The van der Waals surface area contributed by atoms with E-state index in [2.05, 4.69) is 10.3 Å². The summed E-state index contributed by atoms with van der Waals surface area (Å²) in [7, 11) is 1.64. The first-order valence-corrected chi connectivity index (χ1v) is 11.0. The first kappa shape index (κ1) is 21.7. The number of carbonyl (C=O) groups excluding carboxylic acids is 1. The molecule has 0 spiro atoms. The van der Waals surface area contributed by atoms with Crippen molar-refractivity contribution in [1.82, 2.24) is 10.3 Å². The van der Waals surface area contributed by atoms with E-state index in [0.717, 1.165) is 47.9 Å². The van der Waals surface area contributed by atoms with Gasteiger partial charge in [-0.1, -0.05) is 12.8 Å². The number of fused-ring (bicyclic) bond motifs is 3. The number of hydrogen-bond acceptors (Lipinski definition) is 6. The van der Waals surface area contributed by atoms with Crippen LogP contribution < -0.4 is 14.8 Å². The lowest BCUT2D eigenvalue weighted by Gasteiger charge is -2.37. The van der Waals surface area contributed by atoms with Crippen molar-refractivity contribution in [3.05, 3.63) is 30.0 Å². The molecule has 2 heterocycles. The number of amides is 1. The van der Waals surface area contributed by atoms with Gasteiger partial charge in [0.2, 0.25) is 0 Å². The molecule has 1 aromatic heterocycles. The molecule has 0 saturated heterocycles. The standard InChI is InChI=1S/C24H32N2O5/c1-24(2,3)31-23(28)26-19-8-6-5-7-15(19)22(27)20-12-17-16-11-14(29-4)9-10-18(16)25-13-21(17)30-20/h9-11,13,15,19-20,22,27H,5-8,12H2,1-4H3,(H,26,28). The van der Waals surface area contributed by atoms with Crippen molar-refractivity contribution in [2.45, 2.75) is 76.7 Å². The van der Waals surface area contributed by atoms with Crippen LogP contribution >= 0.6 is 0 Å². The Bertz CT molecular complexity index is 955. The predicted molar refractivity (Wildman–Crippen MR) is 118 cm³/mol. The van der Waals surface area contributed by atoms with Crippen molar-refractivity contribution in [2.24, 2.45) is 5.92 Å². The first-order valence-electron chi connectivity index (χ1n) is 11.0. The van der Waals surface area contributed by atoms with Crippen LogP contribution in [0.4, 0.5) is 4.79 Å². The smallest absolute Gasteiger partial charge is 0.407 e. The molecule has 1 saturated carbocycles. The van der Waals surface area contributed by atoms with E-state index >= 15 is 0 Å². The van der Waals surface area contributed by atoms with E-state index in [1.54, 1.807) is 13.3 Å². The summed E-state index contributed by atoms with van der Waals surface area (Å²) < 4.78 is 16.9.